The van der Waals surface area contributed by atoms with Gasteiger partial charge in [0.2, 0.25) is 0 Å². The summed E-state index contributed by atoms with van der Waals surface area (Å²) in [6, 6.07) is 7.94. The van der Waals surface area contributed by atoms with Crippen molar-refractivity contribution in [2.24, 2.45) is 4.99 Å². The van der Waals surface area contributed by atoms with E-state index in [1.54, 1.807) is 30.6 Å². The molecule has 0 atom stereocenters. The highest BCUT2D eigenvalue weighted by atomic mass is 79.9. The average Bonchev–Trinajstić information content (AvgIpc) is 2.63. The normalized spacial score (nSPS) is 11.0. The Morgan fingerprint density at radius 1 is 1.31 bits per heavy atom. The summed E-state index contributed by atoms with van der Waals surface area (Å²) in [7, 11) is 1.94. The summed E-state index contributed by atoms with van der Waals surface area (Å²) in [5, 5.41) is 0. The van der Waals surface area contributed by atoms with E-state index in [9.17, 15) is 9.18 Å². The number of rotatable bonds is 6. The molecule has 2 aromatic rings. The third-order valence-corrected chi connectivity index (χ3v) is 4.84. The standard InChI is InChI=1S/C20H22BrFN2O2/c1-5-24(4)12-23-19-14(3)13(2)16(10-17(19)21)20(25)26-11-15-8-6-7-9-18(15)22/h6-10,12H,5,11H2,1-4H3. The van der Waals surface area contributed by atoms with Gasteiger partial charge in [-0.05, 0) is 60.0 Å². The van der Waals surface area contributed by atoms with Gasteiger partial charge in [0.05, 0.1) is 17.6 Å². The molecule has 0 radical (unpaired) electrons. The van der Waals surface area contributed by atoms with E-state index in [2.05, 4.69) is 20.9 Å². The van der Waals surface area contributed by atoms with Gasteiger partial charge in [-0.15, -0.1) is 0 Å². The molecule has 138 valence electrons. The van der Waals surface area contributed by atoms with Crippen LogP contribution in [0.25, 0.3) is 0 Å². The minimum Gasteiger partial charge on any atom is -0.457 e. The van der Waals surface area contributed by atoms with Gasteiger partial charge in [0.25, 0.3) is 0 Å². The van der Waals surface area contributed by atoms with E-state index in [-0.39, 0.29) is 12.4 Å². The van der Waals surface area contributed by atoms with Gasteiger partial charge in [-0.3, -0.25) is 0 Å². The molecule has 2 aromatic carbocycles. The summed E-state index contributed by atoms with van der Waals surface area (Å²) in [6.07, 6.45) is 1.75. The van der Waals surface area contributed by atoms with Crippen molar-refractivity contribution in [1.29, 1.82) is 0 Å². The second-order valence-electron chi connectivity index (χ2n) is 5.99. The van der Waals surface area contributed by atoms with Crippen molar-refractivity contribution in [2.45, 2.75) is 27.4 Å². The van der Waals surface area contributed by atoms with Crippen molar-refractivity contribution in [3.63, 3.8) is 0 Å². The molecule has 26 heavy (non-hydrogen) atoms. The largest absolute Gasteiger partial charge is 0.457 e. The Morgan fingerprint density at radius 3 is 2.65 bits per heavy atom. The van der Waals surface area contributed by atoms with E-state index in [1.165, 1.54) is 6.07 Å². The topological polar surface area (TPSA) is 41.9 Å². The zero-order chi connectivity index (χ0) is 19.3. The number of aliphatic imine (C=N–C) groups is 1. The summed E-state index contributed by atoms with van der Waals surface area (Å²) >= 11 is 3.48. The zero-order valence-corrected chi connectivity index (χ0v) is 16.9. The van der Waals surface area contributed by atoms with Gasteiger partial charge in [-0.1, -0.05) is 18.2 Å². The molecule has 0 aliphatic carbocycles. The SMILES string of the molecule is CCN(C)C=Nc1c(Br)cc(C(=O)OCc2ccccc2F)c(C)c1C. The number of carbonyl (C=O) groups excluding carboxylic acids is 1. The van der Waals surface area contributed by atoms with Gasteiger partial charge in [-0.2, -0.15) is 0 Å². The fraction of sp³-hybridized carbons (Fsp3) is 0.300. The molecule has 6 heteroatoms. The fourth-order valence-corrected chi connectivity index (χ4v) is 2.94. The van der Waals surface area contributed by atoms with E-state index >= 15 is 0 Å². The summed E-state index contributed by atoms with van der Waals surface area (Å²) in [5.74, 6) is -0.880. The van der Waals surface area contributed by atoms with Crippen LogP contribution in [0.4, 0.5) is 10.1 Å². The number of ether oxygens (including phenoxy) is 1. The second-order valence-corrected chi connectivity index (χ2v) is 6.84. The number of nitrogens with zero attached hydrogens (tertiary/aromatic N) is 2. The van der Waals surface area contributed by atoms with Crippen LogP contribution in [-0.2, 0) is 11.3 Å². The zero-order valence-electron chi connectivity index (χ0n) is 15.3. The molecule has 0 unspecified atom stereocenters. The summed E-state index contributed by atoms with van der Waals surface area (Å²) in [6.45, 7) is 6.53. The van der Waals surface area contributed by atoms with Crippen molar-refractivity contribution in [1.82, 2.24) is 4.90 Å². The van der Waals surface area contributed by atoms with Crippen LogP contribution in [0, 0.1) is 19.7 Å². The molecular weight excluding hydrogens is 399 g/mol. The molecule has 0 fully saturated rings. The molecule has 0 heterocycles. The summed E-state index contributed by atoms with van der Waals surface area (Å²) in [5.41, 5.74) is 3.23. The fourth-order valence-electron chi connectivity index (χ4n) is 2.31. The van der Waals surface area contributed by atoms with Gasteiger partial charge < -0.3 is 9.64 Å². The first-order valence-electron chi connectivity index (χ1n) is 8.29. The van der Waals surface area contributed by atoms with Crippen molar-refractivity contribution < 1.29 is 13.9 Å². The van der Waals surface area contributed by atoms with Crippen molar-refractivity contribution in [2.75, 3.05) is 13.6 Å². The first-order chi connectivity index (χ1) is 12.3. The quantitative estimate of drug-likeness (QED) is 0.367. The van der Waals surface area contributed by atoms with Gasteiger partial charge >= 0.3 is 5.97 Å². The Hall–Kier alpha value is -2.21. The minimum atomic E-state index is -0.490. The maximum atomic E-state index is 13.7. The molecule has 4 nitrogen and oxygen atoms in total. The number of hydrogen-bond acceptors (Lipinski definition) is 3. The number of halogens is 2. The predicted molar refractivity (Wildman–Crippen MR) is 106 cm³/mol. The monoisotopic (exact) mass is 420 g/mol. The number of benzene rings is 2. The molecule has 2 rings (SSSR count). The highest BCUT2D eigenvalue weighted by Gasteiger charge is 2.17. The molecule has 0 aliphatic rings. The molecular formula is C20H22BrFN2O2. The Labute approximate surface area is 161 Å². The highest BCUT2D eigenvalue weighted by Crippen LogP contribution is 2.34. The van der Waals surface area contributed by atoms with E-state index in [0.29, 0.717) is 15.6 Å². The lowest BCUT2D eigenvalue weighted by Crippen LogP contribution is -2.14. The summed E-state index contributed by atoms with van der Waals surface area (Å²) < 4.78 is 19.7. The molecule has 0 saturated heterocycles. The van der Waals surface area contributed by atoms with E-state index in [4.69, 9.17) is 4.74 Å². The molecule has 0 aliphatic heterocycles. The van der Waals surface area contributed by atoms with Crippen LogP contribution >= 0.6 is 15.9 Å². The van der Waals surface area contributed by atoms with Crippen LogP contribution in [0.15, 0.2) is 39.8 Å². The van der Waals surface area contributed by atoms with Crippen LogP contribution in [0.3, 0.4) is 0 Å². The van der Waals surface area contributed by atoms with Crippen LogP contribution in [0.5, 0.6) is 0 Å². The molecule has 0 amide bonds. The molecule has 0 aromatic heterocycles. The molecule has 0 saturated carbocycles. The average molecular weight is 421 g/mol. The molecule has 0 spiro atoms. The Kier molecular flexibility index (Phi) is 6.91. The van der Waals surface area contributed by atoms with Crippen molar-refractivity contribution in [3.05, 3.63) is 62.9 Å². The first kappa shape index (κ1) is 20.1. The van der Waals surface area contributed by atoms with Gasteiger partial charge in [0.15, 0.2) is 0 Å². The molecule has 0 N–H and O–H groups in total. The number of hydrogen-bond donors (Lipinski definition) is 0. The Balaban J connectivity index is 2.23. The van der Waals surface area contributed by atoms with Gasteiger partial charge in [0.1, 0.15) is 12.4 Å². The van der Waals surface area contributed by atoms with E-state index < -0.39 is 5.97 Å². The smallest absolute Gasteiger partial charge is 0.338 e. The maximum Gasteiger partial charge on any atom is 0.338 e. The first-order valence-corrected chi connectivity index (χ1v) is 9.09. The Bertz CT molecular complexity index is 837. The summed E-state index contributed by atoms with van der Waals surface area (Å²) in [4.78, 5) is 18.9. The van der Waals surface area contributed by atoms with Crippen LogP contribution in [0.2, 0.25) is 0 Å². The lowest BCUT2D eigenvalue weighted by molar-refractivity contribution is 0.0468. The van der Waals surface area contributed by atoms with Crippen molar-refractivity contribution in [3.8, 4) is 0 Å². The second kappa shape index (κ2) is 8.94. The van der Waals surface area contributed by atoms with Gasteiger partial charge in [-0.25, -0.2) is 14.2 Å². The lowest BCUT2D eigenvalue weighted by atomic mass is 10.0. The predicted octanol–water partition coefficient (Wildman–Crippen LogP) is 5.17. The lowest BCUT2D eigenvalue weighted by Gasteiger charge is -2.14. The number of carbonyl (C=O) groups is 1. The number of esters is 1. The van der Waals surface area contributed by atoms with Crippen LogP contribution in [0.1, 0.15) is 34.0 Å². The van der Waals surface area contributed by atoms with E-state index in [1.807, 2.05) is 32.7 Å². The maximum absolute atomic E-state index is 13.7. The Morgan fingerprint density at radius 2 is 2.00 bits per heavy atom. The molecule has 0 bridgehead atoms. The minimum absolute atomic E-state index is 0.108. The third kappa shape index (κ3) is 4.69. The van der Waals surface area contributed by atoms with Crippen LogP contribution < -0.4 is 0 Å². The van der Waals surface area contributed by atoms with Crippen molar-refractivity contribution >= 4 is 33.9 Å². The van der Waals surface area contributed by atoms with Crippen LogP contribution in [-0.4, -0.2) is 30.8 Å². The highest BCUT2D eigenvalue weighted by molar-refractivity contribution is 9.10. The third-order valence-electron chi connectivity index (χ3n) is 4.24. The van der Waals surface area contributed by atoms with E-state index in [0.717, 1.165) is 23.4 Å². The van der Waals surface area contributed by atoms with Gasteiger partial charge in [0, 0.05) is 23.6 Å².